The Morgan fingerprint density at radius 1 is 1.23 bits per heavy atom. The molecule has 1 spiro atoms. The lowest BCUT2D eigenvalue weighted by atomic mass is 9.68. The van der Waals surface area contributed by atoms with Crippen LogP contribution in [-0.2, 0) is 14.3 Å². The van der Waals surface area contributed by atoms with E-state index in [4.69, 9.17) is 4.74 Å². The number of hydrogen-bond donors (Lipinski definition) is 0. The molecule has 1 aromatic rings. The van der Waals surface area contributed by atoms with Crippen LogP contribution in [0.15, 0.2) is 30.3 Å². The van der Waals surface area contributed by atoms with Gasteiger partial charge in [-0.1, -0.05) is 30.3 Å². The summed E-state index contributed by atoms with van der Waals surface area (Å²) in [7, 11) is 1.42. The Bertz CT molecular complexity index is 645. The van der Waals surface area contributed by atoms with E-state index in [2.05, 4.69) is 30.3 Å². The fourth-order valence-electron chi connectivity index (χ4n) is 4.60. The van der Waals surface area contributed by atoms with E-state index in [1.165, 1.54) is 25.5 Å². The SMILES string of the molecule is COC(=O)C(C)(C)CCN1CC2(CCC(c3ccccc3)CC2)CC1=O. The molecule has 1 amide bonds. The fraction of sp³-hybridized carbons (Fsp3) is 0.636. The summed E-state index contributed by atoms with van der Waals surface area (Å²) < 4.78 is 4.88. The molecule has 4 nitrogen and oxygen atoms in total. The summed E-state index contributed by atoms with van der Waals surface area (Å²) in [4.78, 5) is 26.4. The van der Waals surface area contributed by atoms with Crippen molar-refractivity contribution in [1.82, 2.24) is 4.90 Å². The number of hydrogen-bond acceptors (Lipinski definition) is 3. The maximum absolute atomic E-state index is 12.6. The summed E-state index contributed by atoms with van der Waals surface area (Å²) in [5, 5.41) is 0. The number of rotatable bonds is 5. The number of benzene rings is 1. The molecule has 1 saturated heterocycles. The van der Waals surface area contributed by atoms with Gasteiger partial charge >= 0.3 is 5.97 Å². The van der Waals surface area contributed by atoms with Crippen molar-refractivity contribution in [3.8, 4) is 0 Å². The molecular formula is C22H31NO3. The Balaban J connectivity index is 1.56. The van der Waals surface area contributed by atoms with Crippen LogP contribution in [0, 0.1) is 10.8 Å². The Kier molecular flexibility index (Phi) is 5.40. The minimum atomic E-state index is -0.546. The lowest BCUT2D eigenvalue weighted by molar-refractivity contribution is -0.151. The minimum Gasteiger partial charge on any atom is -0.469 e. The van der Waals surface area contributed by atoms with E-state index in [1.54, 1.807) is 0 Å². The Hall–Kier alpha value is -1.84. The molecule has 0 atom stereocenters. The lowest BCUT2D eigenvalue weighted by Gasteiger charge is -2.37. The molecule has 1 aliphatic carbocycles. The third-order valence-corrected chi connectivity index (χ3v) is 6.47. The van der Waals surface area contributed by atoms with Gasteiger partial charge in [-0.15, -0.1) is 0 Å². The highest BCUT2D eigenvalue weighted by Crippen LogP contribution is 2.48. The summed E-state index contributed by atoms with van der Waals surface area (Å²) in [5.41, 5.74) is 1.04. The van der Waals surface area contributed by atoms with Crippen LogP contribution in [0.1, 0.15) is 63.9 Å². The number of esters is 1. The van der Waals surface area contributed by atoms with Crippen molar-refractivity contribution < 1.29 is 14.3 Å². The summed E-state index contributed by atoms with van der Waals surface area (Å²) >= 11 is 0. The maximum atomic E-state index is 12.6. The van der Waals surface area contributed by atoms with Crippen molar-refractivity contribution in [1.29, 1.82) is 0 Å². The van der Waals surface area contributed by atoms with E-state index >= 15 is 0 Å². The van der Waals surface area contributed by atoms with Gasteiger partial charge in [-0.25, -0.2) is 0 Å². The third-order valence-electron chi connectivity index (χ3n) is 6.47. The normalized spacial score (nSPS) is 26.3. The first-order valence-corrected chi connectivity index (χ1v) is 9.76. The number of carbonyl (C=O) groups excluding carboxylic acids is 2. The van der Waals surface area contributed by atoms with Gasteiger partial charge in [0.25, 0.3) is 0 Å². The zero-order valence-corrected chi connectivity index (χ0v) is 16.3. The largest absolute Gasteiger partial charge is 0.469 e. The topological polar surface area (TPSA) is 46.6 Å². The molecule has 1 saturated carbocycles. The predicted octanol–water partition coefficient (Wildman–Crippen LogP) is 4.15. The number of likely N-dealkylation sites (tertiary alicyclic amines) is 1. The summed E-state index contributed by atoms with van der Waals surface area (Å²) in [6, 6.07) is 10.7. The second kappa shape index (κ2) is 7.42. The molecular weight excluding hydrogens is 326 g/mol. The van der Waals surface area contributed by atoms with E-state index < -0.39 is 5.41 Å². The van der Waals surface area contributed by atoms with Crippen molar-refractivity contribution in [3.63, 3.8) is 0 Å². The van der Waals surface area contributed by atoms with Crippen molar-refractivity contribution in [2.45, 2.75) is 58.3 Å². The highest BCUT2D eigenvalue weighted by atomic mass is 16.5. The fourth-order valence-corrected chi connectivity index (χ4v) is 4.60. The van der Waals surface area contributed by atoms with Crippen LogP contribution in [0.5, 0.6) is 0 Å². The quantitative estimate of drug-likeness (QED) is 0.744. The summed E-state index contributed by atoms with van der Waals surface area (Å²) in [6.45, 7) is 5.27. The lowest BCUT2D eigenvalue weighted by Crippen LogP contribution is -2.35. The van der Waals surface area contributed by atoms with Gasteiger partial charge in [0, 0.05) is 19.5 Å². The highest BCUT2D eigenvalue weighted by molar-refractivity contribution is 5.80. The molecule has 0 bridgehead atoms. The van der Waals surface area contributed by atoms with E-state index in [9.17, 15) is 9.59 Å². The number of nitrogens with zero attached hydrogens (tertiary/aromatic N) is 1. The molecule has 0 radical (unpaired) electrons. The van der Waals surface area contributed by atoms with E-state index in [0.717, 1.165) is 19.4 Å². The summed E-state index contributed by atoms with van der Waals surface area (Å²) in [5.74, 6) is 0.676. The molecule has 3 rings (SSSR count). The first-order chi connectivity index (χ1) is 12.4. The zero-order valence-electron chi connectivity index (χ0n) is 16.3. The van der Waals surface area contributed by atoms with E-state index in [-0.39, 0.29) is 17.3 Å². The average molecular weight is 357 g/mol. The van der Waals surface area contributed by atoms with Crippen LogP contribution in [0.2, 0.25) is 0 Å². The smallest absolute Gasteiger partial charge is 0.311 e. The molecule has 1 aliphatic heterocycles. The average Bonchev–Trinajstić information content (AvgIpc) is 2.95. The van der Waals surface area contributed by atoms with Crippen molar-refractivity contribution in [3.05, 3.63) is 35.9 Å². The number of methoxy groups -OCH3 is 1. The molecule has 0 aromatic heterocycles. The molecule has 0 unspecified atom stereocenters. The van der Waals surface area contributed by atoms with Crippen LogP contribution >= 0.6 is 0 Å². The monoisotopic (exact) mass is 357 g/mol. The molecule has 1 aromatic carbocycles. The van der Waals surface area contributed by atoms with Crippen molar-refractivity contribution in [2.24, 2.45) is 10.8 Å². The van der Waals surface area contributed by atoms with Gasteiger partial charge < -0.3 is 9.64 Å². The molecule has 26 heavy (non-hydrogen) atoms. The van der Waals surface area contributed by atoms with E-state index in [1.807, 2.05) is 18.7 Å². The Labute approximate surface area is 156 Å². The van der Waals surface area contributed by atoms with Gasteiger partial charge in [-0.05, 0) is 62.8 Å². The van der Waals surface area contributed by atoms with Gasteiger partial charge in [0.2, 0.25) is 5.91 Å². The van der Waals surface area contributed by atoms with Gasteiger partial charge in [0.05, 0.1) is 12.5 Å². The van der Waals surface area contributed by atoms with Crippen molar-refractivity contribution >= 4 is 11.9 Å². The Morgan fingerprint density at radius 2 is 1.88 bits per heavy atom. The van der Waals surface area contributed by atoms with E-state index in [0.29, 0.717) is 25.3 Å². The number of carbonyl (C=O) groups is 2. The molecule has 2 aliphatic rings. The van der Waals surface area contributed by atoms with Gasteiger partial charge in [0.1, 0.15) is 0 Å². The van der Waals surface area contributed by atoms with Crippen LogP contribution in [0.3, 0.4) is 0 Å². The predicted molar refractivity (Wildman–Crippen MR) is 102 cm³/mol. The zero-order chi connectivity index (χ0) is 18.8. The third kappa shape index (κ3) is 3.94. The van der Waals surface area contributed by atoms with Crippen molar-refractivity contribution in [2.75, 3.05) is 20.2 Å². The van der Waals surface area contributed by atoms with Gasteiger partial charge in [-0.3, -0.25) is 9.59 Å². The van der Waals surface area contributed by atoms with Gasteiger partial charge in [-0.2, -0.15) is 0 Å². The number of ether oxygens (including phenoxy) is 1. The second-order valence-corrected chi connectivity index (χ2v) is 8.80. The molecule has 2 fully saturated rings. The molecule has 4 heteroatoms. The molecule has 0 N–H and O–H groups in total. The first-order valence-electron chi connectivity index (χ1n) is 9.76. The maximum Gasteiger partial charge on any atom is 0.311 e. The molecule has 1 heterocycles. The van der Waals surface area contributed by atoms with Crippen LogP contribution in [0.4, 0.5) is 0 Å². The second-order valence-electron chi connectivity index (χ2n) is 8.80. The standard InChI is InChI=1S/C22H31NO3/c1-21(2,20(25)26-3)13-14-23-16-22(15-19(23)24)11-9-18(10-12-22)17-7-5-4-6-8-17/h4-8,18H,9-16H2,1-3H3. The minimum absolute atomic E-state index is 0.151. The Morgan fingerprint density at radius 3 is 2.50 bits per heavy atom. The highest BCUT2D eigenvalue weighted by Gasteiger charge is 2.45. The van der Waals surface area contributed by atoms with Crippen LogP contribution in [0.25, 0.3) is 0 Å². The van der Waals surface area contributed by atoms with Crippen LogP contribution < -0.4 is 0 Å². The number of amides is 1. The summed E-state index contributed by atoms with van der Waals surface area (Å²) in [6.07, 6.45) is 5.89. The van der Waals surface area contributed by atoms with Gasteiger partial charge in [0.15, 0.2) is 0 Å². The molecule has 142 valence electrons. The first kappa shape index (κ1) is 18.9. The van der Waals surface area contributed by atoms with Crippen LogP contribution in [-0.4, -0.2) is 37.0 Å².